The Morgan fingerprint density at radius 1 is 1.30 bits per heavy atom. The van der Waals surface area contributed by atoms with Gasteiger partial charge in [-0.2, -0.15) is 0 Å². The van der Waals surface area contributed by atoms with Gasteiger partial charge >= 0.3 is 0 Å². The van der Waals surface area contributed by atoms with Crippen LogP contribution in [0.2, 0.25) is 0 Å². The summed E-state index contributed by atoms with van der Waals surface area (Å²) in [5.41, 5.74) is -0.940. The monoisotopic (exact) mass is 315 g/mol. The average Bonchev–Trinajstić information content (AvgIpc) is 2.73. The third kappa shape index (κ3) is 1.97. The fourth-order valence-electron chi connectivity index (χ4n) is 3.18. The van der Waals surface area contributed by atoms with E-state index in [0.29, 0.717) is 11.3 Å². The molecule has 0 saturated carbocycles. The molecule has 0 radical (unpaired) electrons. The Kier molecular flexibility index (Phi) is 3.26. The second-order valence-electron chi connectivity index (χ2n) is 5.86. The van der Waals surface area contributed by atoms with E-state index in [2.05, 4.69) is 17.2 Å². The van der Waals surface area contributed by atoms with Crippen LogP contribution in [0.3, 0.4) is 0 Å². The van der Waals surface area contributed by atoms with E-state index in [1.54, 1.807) is 38.2 Å². The molecule has 1 saturated heterocycles. The highest BCUT2D eigenvalue weighted by Gasteiger charge is 2.56. The van der Waals surface area contributed by atoms with Crippen LogP contribution in [0.15, 0.2) is 36.5 Å². The number of hydrogen-bond acceptors (Lipinski definition) is 4. The maximum absolute atomic E-state index is 12.6. The third-order valence-corrected chi connectivity index (χ3v) is 4.58. The Hall–Kier alpha value is -2.67. The first-order chi connectivity index (χ1) is 10.8. The van der Waals surface area contributed by atoms with Crippen LogP contribution in [0.4, 0.5) is 5.69 Å². The molecule has 0 bridgehead atoms. The molecule has 0 aromatic heterocycles. The van der Waals surface area contributed by atoms with Gasteiger partial charge in [0, 0.05) is 18.5 Å². The molecule has 1 fully saturated rings. The van der Waals surface area contributed by atoms with Crippen LogP contribution < -0.4 is 15.5 Å². The van der Waals surface area contributed by atoms with E-state index in [-0.39, 0.29) is 5.70 Å². The maximum Gasteiger partial charge on any atom is 0.267 e. The number of benzene rings is 1. The first kappa shape index (κ1) is 15.2. The highest BCUT2D eigenvalue weighted by atomic mass is 16.3. The molecule has 3 unspecified atom stereocenters. The van der Waals surface area contributed by atoms with Crippen LogP contribution in [0.25, 0.3) is 0 Å². The summed E-state index contributed by atoms with van der Waals surface area (Å²) in [6.45, 7) is 5.00. The Morgan fingerprint density at radius 2 is 1.96 bits per heavy atom. The highest BCUT2D eigenvalue weighted by molar-refractivity contribution is 6.08. The van der Waals surface area contributed by atoms with E-state index in [0.717, 1.165) is 0 Å². The average molecular weight is 315 g/mol. The van der Waals surface area contributed by atoms with Gasteiger partial charge < -0.3 is 20.6 Å². The second-order valence-corrected chi connectivity index (χ2v) is 5.86. The summed E-state index contributed by atoms with van der Waals surface area (Å²) in [5, 5.41) is 16.0. The minimum Gasteiger partial charge on any atom is -0.375 e. The van der Waals surface area contributed by atoms with Gasteiger partial charge in [-0.25, -0.2) is 0 Å². The van der Waals surface area contributed by atoms with Crippen molar-refractivity contribution in [3.8, 4) is 0 Å². The third-order valence-electron chi connectivity index (χ3n) is 4.58. The molecule has 7 heteroatoms. The number of amides is 3. The molecule has 120 valence electrons. The van der Waals surface area contributed by atoms with Crippen molar-refractivity contribution in [3.05, 3.63) is 42.1 Å². The molecule has 23 heavy (non-hydrogen) atoms. The molecule has 3 amide bonds. The van der Waals surface area contributed by atoms with Gasteiger partial charge in [-0.3, -0.25) is 14.4 Å². The summed E-state index contributed by atoms with van der Waals surface area (Å²) < 4.78 is 0. The number of nitrogens with one attached hydrogen (secondary N) is 2. The lowest BCUT2D eigenvalue weighted by atomic mass is 9.78. The molecule has 3 atom stereocenters. The van der Waals surface area contributed by atoms with Crippen molar-refractivity contribution >= 4 is 23.4 Å². The van der Waals surface area contributed by atoms with Gasteiger partial charge in [0.15, 0.2) is 5.60 Å². The fourth-order valence-corrected chi connectivity index (χ4v) is 3.18. The quantitative estimate of drug-likeness (QED) is 0.648. The van der Waals surface area contributed by atoms with Crippen molar-refractivity contribution in [1.29, 1.82) is 0 Å². The van der Waals surface area contributed by atoms with Gasteiger partial charge in [-0.15, -0.1) is 0 Å². The van der Waals surface area contributed by atoms with Crippen LogP contribution in [0, 0.1) is 5.92 Å². The molecular weight excluding hydrogens is 298 g/mol. The predicted octanol–water partition coefficient (Wildman–Crippen LogP) is -0.385. The van der Waals surface area contributed by atoms with Crippen molar-refractivity contribution in [2.24, 2.45) is 5.92 Å². The number of carbonyl (C=O) groups excluding carboxylic acids is 3. The number of para-hydroxylation sites is 1. The first-order valence-electron chi connectivity index (χ1n) is 7.19. The Labute approximate surface area is 133 Å². The van der Waals surface area contributed by atoms with Gasteiger partial charge in [0.25, 0.3) is 11.8 Å². The van der Waals surface area contributed by atoms with Crippen molar-refractivity contribution in [2.75, 3.05) is 11.9 Å². The van der Waals surface area contributed by atoms with Crippen molar-refractivity contribution in [3.63, 3.8) is 0 Å². The molecule has 2 heterocycles. The Balaban J connectivity index is 2.03. The van der Waals surface area contributed by atoms with Gasteiger partial charge in [0.2, 0.25) is 5.91 Å². The molecule has 1 aromatic carbocycles. The Bertz CT molecular complexity index is 745. The van der Waals surface area contributed by atoms with E-state index in [1.807, 2.05) is 0 Å². The predicted molar refractivity (Wildman–Crippen MR) is 82.1 cm³/mol. The number of piperazine rings is 1. The van der Waals surface area contributed by atoms with Crippen molar-refractivity contribution in [1.82, 2.24) is 10.6 Å². The number of rotatable bonds is 2. The topological polar surface area (TPSA) is 98.7 Å². The molecule has 1 aromatic rings. The summed E-state index contributed by atoms with van der Waals surface area (Å²) in [6, 6.07) is 5.80. The number of hydrogen-bond donors (Lipinski definition) is 3. The van der Waals surface area contributed by atoms with E-state index in [4.69, 9.17) is 0 Å². The van der Waals surface area contributed by atoms with Crippen LogP contribution in [-0.4, -0.2) is 35.9 Å². The minimum atomic E-state index is -1.89. The smallest absolute Gasteiger partial charge is 0.267 e. The molecule has 3 N–H and O–H groups in total. The van der Waals surface area contributed by atoms with Gasteiger partial charge in [-0.05, 0) is 6.07 Å². The minimum absolute atomic E-state index is 0.0549. The molecule has 3 rings (SSSR count). The zero-order chi connectivity index (χ0) is 16.9. The number of anilines is 1. The lowest BCUT2D eigenvalue weighted by Gasteiger charge is -2.36. The zero-order valence-corrected chi connectivity index (χ0v) is 12.8. The zero-order valence-electron chi connectivity index (χ0n) is 12.8. The first-order valence-corrected chi connectivity index (χ1v) is 7.19. The fraction of sp³-hybridized carbons (Fsp3) is 0.312. The van der Waals surface area contributed by atoms with Crippen LogP contribution >= 0.6 is 0 Å². The molecule has 0 spiro atoms. The van der Waals surface area contributed by atoms with E-state index in [9.17, 15) is 19.5 Å². The van der Waals surface area contributed by atoms with Crippen LogP contribution in [0.5, 0.6) is 0 Å². The lowest BCUT2D eigenvalue weighted by molar-refractivity contribution is -0.147. The SMILES string of the molecule is C=C1NC(=O)C(C(C)C2(O)C(=O)N(C)c3ccccc32)NC1=O. The normalized spacial score (nSPS) is 28.3. The summed E-state index contributed by atoms with van der Waals surface area (Å²) in [6.07, 6.45) is 0. The maximum atomic E-state index is 12.6. The highest BCUT2D eigenvalue weighted by Crippen LogP contribution is 2.45. The molecule has 7 nitrogen and oxygen atoms in total. The van der Waals surface area contributed by atoms with Crippen molar-refractivity contribution in [2.45, 2.75) is 18.6 Å². The summed E-state index contributed by atoms with van der Waals surface area (Å²) >= 11 is 0. The summed E-state index contributed by atoms with van der Waals surface area (Å²) in [7, 11) is 1.56. The standard InChI is InChI=1S/C16H17N3O4/c1-8(12-14(21)17-9(2)13(20)18-12)16(23)10-6-4-5-7-11(10)19(3)15(16)22/h4-8,12,23H,2H2,1,3H3,(H,17,21)(H,18,20). The molecule has 2 aliphatic rings. The number of likely N-dealkylation sites (N-methyl/N-ethyl adjacent to an activating group) is 1. The van der Waals surface area contributed by atoms with Gasteiger partial charge in [0.05, 0.1) is 11.4 Å². The van der Waals surface area contributed by atoms with Crippen molar-refractivity contribution < 1.29 is 19.5 Å². The molecule has 2 aliphatic heterocycles. The summed E-state index contributed by atoms with van der Waals surface area (Å²) in [4.78, 5) is 37.9. The van der Waals surface area contributed by atoms with Crippen LogP contribution in [0.1, 0.15) is 12.5 Å². The number of carbonyl (C=O) groups is 3. The van der Waals surface area contributed by atoms with E-state index < -0.39 is 35.3 Å². The number of aliphatic hydroxyl groups is 1. The number of fused-ring (bicyclic) bond motifs is 1. The van der Waals surface area contributed by atoms with Gasteiger partial charge in [-0.1, -0.05) is 31.7 Å². The van der Waals surface area contributed by atoms with Gasteiger partial charge in [0.1, 0.15) is 6.04 Å². The lowest BCUT2D eigenvalue weighted by Crippen LogP contribution is -2.62. The van der Waals surface area contributed by atoms with E-state index >= 15 is 0 Å². The van der Waals surface area contributed by atoms with Crippen LogP contribution in [-0.2, 0) is 20.0 Å². The molecular formula is C16H17N3O4. The molecule has 0 aliphatic carbocycles. The second kappa shape index (κ2) is 4.92. The number of nitrogens with zero attached hydrogens (tertiary/aromatic N) is 1. The Morgan fingerprint density at radius 3 is 2.65 bits per heavy atom. The summed E-state index contributed by atoms with van der Waals surface area (Å²) in [5.74, 6) is -2.43. The van der Waals surface area contributed by atoms with E-state index in [1.165, 1.54) is 4.90 Å². The largest absolute Gasteiger partial charge is 0.375 e.